The summed E-state index contributed by atoms with van der Waals surface area (Å²) in [6.07, 6.45) is 2.20. The molecule has 0 aromatic rings. The smallest absolute Gasteiger partial charge is 0.117 e. The van der Waals surface area contributed by atoms with Crippen LogP contribution in [-0.2, 0) is 0 Å². The zero-order valence-corrected chi connectivity index (χ0v) is 7.87. The molecule has 1 nitrogen and oxygen atoms in total. The van der Waals surface area contributed by atoms with Crippen LogP contribution in [0.15, 0.2) is 0 Å². The van der Waals surface area contributed by atoms with Crippen molar-refractivity contribution in [2.75, 3.05) is 0 Å². The molecular formula is C10H15F2N. The van der Waals surface area contributed by atoms with E-state index in [2.05, 4.69) is 5.32 Å². The first kappa shape index (κ1) is 8.16. The molecule has 13 heavy (non-hydrogen) atoms. The molecule has 2 saturated carbocycles. The summed E-state index contributed by atoms with van der Waals surface area (Å²) < 4.78 is 28.2. The van der Waals surface area contributed by atoms with Gasteiger partial charge >= 0.3 is 0 Å². The van der Waals surface area contributed by atoms with Crippen molar-refractivity contribution >= 4 is 0 Å². The van der Waals surface area contributed by atoms with Gasteiger partial charge in [0.05, 0.1) is 0 Å². The Morgan fingerprint density at radius 3 is 2.00 bits per heavy atom. The average Bonchev–Trinajstić information content (AvgIpc) is 1.71. The minimum Gasteiger partial charge on any atom is -0.308 e. The summed E-state index contributed by atoms with van der Waals surface area (Å²) in [6, 6.07) is 0.0799. The topological polar surface area (TPSA) is 12.0 Å². The van der Waals surface area contributed by atoms with E-state index in [1.807, 2.05) is 6.92 Å². The van der Waals surface area contributed by atoms with Crippen molar-refractivity contribution in [2.45, 2.75) is 61.9 Å². The van der Waals surface area contributed by atoms with Gasteiger partial charge in [-0.3, -0.25) is 0 Å². The molecule has 1 N–H and O–H groups in total. The number of piperidine rings is 2. The zero-order valence-electron chi connectivity index (χ0n) is 7.87. The highest BCUT2D eigenvalue weighted by Gasteiger charge is 2.63. The Hall–Kier alpha value is -0.180. The molecule has 2 unspecified atom stereocenters. The van der Waals surface area contributed by atoms with E-state index < -0.39 is 11.3 Å². The van der Waals surface area contributed by atoms with Crippen molar-refractivity contribution in [2.24, 2.45) is 0 Å². The number of hydrogen-bond donors (Lipinski definition) is 1. The van der Waals surface area contributed by atoms with Gasteiger partial charge in [-0.25, -0.2) is 8.78 Å². The number of alkyl halides is 2. The predicted octanol–water partition coefficient (Wildman–Crippen LogP) is 2.11. The minimum atomic E-state index is -1.21. The summed E-state index contributed by atoms with van der Waals surface area (Å²) in [5.74, 6) is 0. The molecule has 2 heterocycles. The molecule has 2 aliphatic heterocycles. The second-order valence-corrected chi connectivity index (χ2v) is 5.64. The van der Waals surface area contributed by atoms with Crippen LogP contribution in [0.1, 0.15) is 39.0 Å². The lowest BCUT2D eigenvalue weighted by atomic mass is 9.57. The van der Waals surface area contributed by atoms with E-state index in [0.29, 0.717) is 25.7 Å². The van der Waals surface area contributed by atoms with Crippen molar-refractivity contribution in [1.82, 2.24) is 5.32 Å². The molecule has 0 aromatic carbocycles. The molecule has 2 atom stereocenters. The van der Waals surface area contributed by atoms with Gasteiger partial charge < -0.3 is 5.32 Å². The number of rotatable bonds is 0. The maximum absolute atomic E-state index is 14.1. The summed E-state index contributed by atoms with van der Waals surface area (Å²) >= 11 is 0. The van der Waals surface area contributed by atoms with Gasteiger partial charge in [-0.15, -0.1) is 0 Å². The van der Waals surface area contributed by atoms with Crippen LogP contribution in [0.2, 0.25) is 0 Å². The first-order valence-electron chi connectivity index (χ1n) is 5.06. The fourth-order valence-electron chi connectivity index (χ4n) is 4.09. The van der Waals surface area contributed by atoms with Gasteiger partial charge in [0.25, 0.3) is 0 Å². The van der Waals surface area contributed by atoms with Crippen molar-refractivity contribution in [1.29, 1.82) is 0 Å². The SMILES string of the molecule is CC12CC3(F)CC(CC(F)(C3)C1)N2. The quantitative estimate of drug-likeness (QED) is 0.612. The summed E-state index contributed by atoms with van der Waals surface area (Å²) in [6.45, 7) is 1.96. The Labute approximate surface area is 76.9 Å². The van der Waals surface area contributed by atoms with Crippen molar-refractivity contribution < 1.29 is 8.78 Å². The molecule has 4 aliphatic rings. The maximum Gasteiger partial charge on any atom is 0.117 e. The Morgan fingerprint density at radius 1 is 1.08 bits per heavy atom. The third kappa shape index (κ3) is 1.06. The molecule has 4 bridgehead atoms. The van der Waals surface area contributed by atoms with Crippen molar-refractivity contribution in [3.05, 3.63) is 0 Å². The maximum atomic E-state index is 14.1. The highest BCUT2D eigenvalue weighted by atomic mass is 19.2. The standard InChI is InChI=1S/C10H15F2N/c1-8-4-9(11)2-7(13-8)3-10(12,5-8)6-9/h7,13H,2-6H2,1H3. The molecule has 3 heteroatoms. The van der Waals surface area contributed by atoms with Crippen LogP contribution in [-0.4, -0.2) is 22.9 Å². The van der Waals surface area contributed by atoms with E-state index in [1.165, 1.54) is 0 Å². The van der Waals surface area contributed by atoms with Crippen molar-refractivity contribution in [3.8, 4) is 0 Å². The molecule has 0 aromatic heterocycles. The zero-order chi connectivity index (χ0) is 9.32. The Bertz CT molecular complexity index is 215. The first-order chi connectivity index (χ1) is 5.91. The third-order valence-corrected chi connectivity index (χ3v) is 3.82. The molecule has 0 spiro atoms. The molecule has 4 fully saturated rings. The molecule has 74 valence electrons. The summed E-state index contributed by atoms with van der Waals surface area (Å²) in [5, 5.41) is 3.36. The van der Waals surface area contributed by atoms with Gasteiger partial charge in [-0.2, -0.15) is 0 Å². The van der Waals surface area contributed by atoms with Crippen LogP contribution in [0.3, 0.4) is 0 Å². The van der Waals surface area contributed by atoms with Crippen LogP contribution in [0.25, 0.3) is 0 Å². The summed E-state index contributed by atoms with van der Waals surface area (Å²) in [4.78, 5) is 0. The van der Waals surface area contributed by atoms with E-state index >= 15 is 0 Å². The lowest BCUT2D eigenvalue weighted by Crippen LogP contribution is -2.71. The Morgan fingerprint density at radius 2 is 1.62 bits per heavy atom. The second kappa shape index (κ2) is 1.92. The summed E-state index contributed by atoms with van der Waals surface area (Å²) in [7, 11) is 0. The molecule has 4 rings (SSSR count). The average molecular weight is 187 g/mol. The van der Waals surface area contributed by atoms with Crippen LogP contribution < -0.4 is 5.32 Å². The monoisotopic (exact) mass is 187 g/mol. The van der Waals surface area contributed by atoms with Gasteiger partial charge in [-0.05, 0) is 32.6 Å². The highest BCUT2D eigenvalue weighted by molar-refractivity contribution is 5.18. The van der Waals surface area contributed by atoms with E-state index in [0.717, 1.165) is 0 Å². The summed E-state index contributed by atoms with van der Waals surface area (Å²) in [5.41, 5.74) is -2.70. The molecule has 2 aliphatic carbocycles. The largest absolute Gasteiger partial charge is 0.308 e. The lowest BCUT2D eigenvalue weighted by molar-refractivity contribution is -0.136. The highest BCUT2D eigenvalue weighted by Crippen LogP contribution is 2.56. The number of hydrogen-bond acceptors (Lipinski definition) is 1. The fourth-order valence-corrected chi connectivity index (χ4v) is 4.09. The lowest BCUT2D eigenvalue weighted by Gasteiger charge is -2.60. The van der Waals surface area contributed by atoms with Crippen molar-refractivity contribution in [3.63, 3.8) is 0 Å². The van der Waals surface area contributed by atoms with E-state index in [9.17, 15) is 8.78 Å². The predicted molar refractivity (Wildman–Crippen MR) is 46.1 cm³/mol. The van der Waals surface area contributed by atoms with Gasteiger partial charge in [-0.1, -0.05) is 0 Å². The van der Waals surface area contributed by atoms with Crippen LogP contribution in [0.5, 0.6) is 0 Å². The molecule has 0 radical (unpaired) electrons. The minimum absolute atomic E-state index is 0.0799. The second-order valence-electron chi connectivity index (χ2n) is 5.64. The number of nitrogens with one attached hydrogen (secondary N) is 1. The molecule has 0 amide bonds. The van der Waals surface area contributed by atoms with E-state index in [-0.39, 0.29) is 18.0 Å². The normalized spacial score (nSPS) is 64.4. The molecular weight excluding hydrogens is 172 g/mol. The van der Waals surface area contributed by atoms with E-state index in [1.54, 1.807) is 0 Å². The Kier molecular flexibility index (Phi) is 1.21. The van der Waals surface area contributed by atoms with Crippen LogP contribution in [0.4, 0.5) is 8.78 Å². The van der Waals surface area contributed by atoms with Crippen LogP contribution >= 0.6 is 0 Å². The Balaban J connectivity index is 2.03. The van der Waals surface area contributed by atoms with Gasteiger partial charge in [0, 0.05) is 18.0 Å². The first-order valence-corrected chi connectivity index (χ1v) is 5.06. The van der Waals surface area contributed by atoms with Gasteiger partial charge in [0.15, 0.2) is 0 Å². The number of halogens is 2. The van der Waals surface area contributed by atoms with Gasteiger partial charge in [0.1, 0.15) is 11.3 Å². The van der Waals surface area contributed by atoms with Crippen LogP contribution in [0, 0.1) is 0 Å². The van der Waals surface area contributed by atoms with E-state index in [4.69, 9.17) is 0 Å². The van der Waals surface area contributed by atoms with Gasteiger partial charge in [0.2, 0.25) is 0 Å². The fraction of sp³-hybridized carbons (Fsp3) is 1.00. The third-order valence-electron chi connectivity index (χ3n) is 3.82. The molecule has 2 saturated heterocycles.